The average molecular weight is 283 g/mol. The number of ether oxygens (including phenoxy) is 1. The van der Waals surface area contributed by atoms with E-state index in [0.717, 1.165) is 18.1 Å². The Labute approximate surface area is 125 Å². The molecule has 0 amide bonds. The summed E-state index contributed by atoms with van der Waals surface area (Å²) < 4.78 is 5.27. The molecular formula is C17H21N3O. The number of aromatic nitrogens is 2. The number of benzene rings is 1. The van der Waals surface area contributed by atoms with Gasteiger partial charge in [-0.25, -0.2) is 9.97 Å². The second kappa shape index (κ2) is 6.12. The minimum atomic E-state index is 0.636. The van der Waals surface area contributed by atoms with Crippen molar-refractivity contribution in [1.29, 1.82) is 0 Å². The summed E-state index contributed by atoms with van der Waals surface area (Å²) in [5.74, 6) is 2.51. The van der Waals surface area contributed by atoms with E-state index >= 15 is 0 Å². The molecule has 4 nitrogen and oxygen atoms in total. The Morgan fingerprint density at radius 2 is 2.10 bits per heavy atom. The van der Waals surface area contributed by atoms with Crippen molar-refractivity contribution in [3.63, 3.8) is 0 Å². The van der Waals surface area contributed by atoms with E-state index in [-0.39, 0.29) is 0 Å². The standard InChI is InChI=1S/C17H21N3O/c1-20(11-13-5-3-8-15(9-13)21-2)17-10-16(18-12-19-17)14-6-4-7-14/h3,5,8-10,12,14H,4,6-7,11H2,1-2H3. The lowest BCUT2D eigenvalue weighted by atomic mass is 9.83. The van der Waals surface area contributed by atoms with Crippen molar-refractivity contribution in [2.45, 2.75) is 31.7 Å². The second-order valence-electron chi connectivity index (χ2n) is 5.64. The Balaban J connectivity index is 1.73. The van der Waals surface area contributed by atoms with Gasteiger partial charge in [0, 0.05) is 31.3 Å². The number of methoxy groups -OCH3 is 1. The van der Waals surface area contributed by atoms with Gasteiger partial charge in [-0.1, -0.05) is 18.6 Å². The summed E-state index contributed by atoms with van der Waals surface area (Å²) in [5, 5.41) is 0. The normalized spacial score (nSPS) is 14.6. The zero-order valence-electron chi connectivity index (χ0n) is 12.6. The first-order valence-corrected chi connectivity index (χ1v) is 7.42. The average Bonchev–Trinajstić information content (AvgIpc) is 2.46. The van der Waals surface area contributed by atoms with Crippen LogP contribution in [0.25, 0.3) is 0 Å². The fourth-order valence-corrected chi connectivity index (χ4v) is 2.62. The minimum absolute atomic E-state index is 0.636. The molecule has 0 N–H and O–H groups in total. The first-order chi connectivity index (χ1) is 10.3. The van der Waals surface area contributed by atoms with Crippen LogP contribution in [0.2, 0.25) is 0 Å². The Morgan fingerprint density at radius 3 is 2.81 bits per heavy atom. The van der Waals surface area contributed by atoms with Crippen molar-refractivity contribution in [3.05, 3.63) is 47.9 Å². The SMILES string of the molecule is COc1cccc(CN(C)c2cc(C3CCC3)ncn2)c1. The number of rotatable bonds is 5. The predicted octanol–water partition coefficient (Wildman–Crippen LogP) is 3.39. The van der Waals surface area contributed by atoms with E-state index in [1.807, 2.05) is 12.1 Å². The van der Waals surface area contributed by atoms with Crippen LogP contribution >= 0.6 is 0 Å². The van der Waals surface area contributed by atoms with Crippen LogP contribution in [-0.4, -0.2) is 24.1 Å². The molecule has 4 heteroatoms. The van der Waals surface area contributed by atoms with E-state index in [1.165, 1.54) is 30.5 Å². The van der Waals surface area contributed by atoms with Gasteiger partial charge in [0.25, 0.3) is 0 Å². The number of anilines is 1. The van der Waals surface area contributed by atoms with Gasteiger partial charge in [0.05, 0.1) is 7.11 Å². The molecule has 0 bridgehead atoms. The Morgan fingerprint density at radius 1 is 1.24 bits per heavy atom. The van der Waals surface area contributed by atoms with Gasteiger partial charge in [0.15, 0.2) is 0 Å². The molecule has 2 aromatic rings. The van der Waals surface area contributed by atoms with Crippen LogP contribution in [0.1, 0.15) is 36.4 Å². The number of nitrogens with zero attached hydrogens (tertiary/aromatic N) is 3. The summed E-state index contributed by atoms with van der Waals surface area (Å²) in [6.45, 7) is 0.804. The third-order valence-corrected chi connectivity index (χ3v) is 4.14. The van der Waals surface area contributed by atoms with Crippen LogP contribution in [0.5, 0.6) is 5.75 Å². The zero-order valence-corrected chi connectivity index (χ0v) is 12.6. The highest BCUT2D eigenvalue weighted by Gasteiger charge is 2.21. The number of hydrogen-bond donors (Lipinski definition) is 0. The lowest BCUT2D eigenvalue weighted by molar-refractivity contribution is 0.410. The largest absolute Gasteiger partial charge is 0.497 e. The fraction of sp³-hybridized carbons (Fsp3) is 0.412. The highest BCUT2D eigenvalue weighted by atomic mass is 16.5. The van der Waals surface area contributed by atoms with Crippen molar-refractivity contribution >= 4 is 5.82 Å². The van der Waals surface area contributed by atoms with Crippen molar-refractivity contribution in [1.82, 2.24) is 9.97 Å². The lowest BCUT2D eigenvalue weighted by Gasteiger charge is -2.26. The summed E-state index contributed by atoms with van der Waals surface area (Å²) in [6.07, 6.45) is 5.53. The molecule has 21 heavy (non-hydrogen) atoms. The van der Waals surface area contributed by atoms with Gasteiger partial charge in [-0.15, -0.1) is 0 Å². The first-order valence-electron chi connectivity index (χ1n) is 7.42. The second-order valence-corrected chi connectivity index (χ2v) is 5.64. The van der Waals surface area contributed by atoms with E-state index in [1.54, 1.807) is 13.4 Å². The van der Waals surface area contributed by atoms with Gasteiger partial charge < -0.3 is 9.64 Å². The molecule has 1 saturated carbocycles. The molecule has 1 aliphatic rings. The summed E-state index contributed by atoms with van der Waals surface area (Å²) in [5.41, 5.74) is 2.39. The van der Waals surface area contributed by atoms with Crippen molar-refractivity contribution in [3.8, 4) is 5.75 Å². The molecule has 1 aliphatic carbocycles. The topological polar surface area (TPSA) is 38.2 Å². The monoisotopic (exact) mass is 283 g/mol. The quantitative estimate of drug-likeness (QED) is 0.843. The smallest absolute Gasteiger partial charge is 0.132 e. The molecule has 3 rings (SSSR count). The van der Waals surface area contributed by atoms with Gasteiger partial charge >= 0.3 is 0 Å². The van der Waals surface area contributed by atoms with Crippen LogP contribution in [0.3, 0.4) is 0 Å². The van der Waals surface area contributed by atoms with Crippen LogP contribution in [0.15, 0.2) is 36.7 Å². The lowest BCUT2D eigenvalue weighted by Crippen LogP contribution is -2.19. The van der Waals surface area contributed by atoms with E-state index in [2.05, 4.69) is 40.1 Å². The molecule has 110 valence electrons. The molecule has 0 saturated heterocycles. The molecule has 0 unspecified atom stereocenters. The summed E-state index contributed by atoms with van der Waals surface area (Å²) >= 11 is 0. The first kappa shape index (κ1) is 13.9. The van der Waals surface area contributed by atoms with E-state index in [9.17, 15) is 0 Å². The van der Waals surface area contributed by atoms with Crippen molar-refractivity contribution < 1.29 is 4.74 Å². The molecule has 0 radical (unpaired) electrons. The third-order valence-electron chi connectivity index (χ3n) is 4.14. The third kappa shape index (κ3) is 3.15. The maximum atomic E-state index is 5.27. The van der Waals surface area contributed by atoms with Crippen LogP contribution < -0.4 is 9.64 Å². The molecule has 0 spiro atoms. The maximum Gasteiger partial charge on any atom is 0.132 e. The summed E-state index contributed by atoms with van der Waals surface area (Å²) in [4.78, 5) is 11.0. The molecule has 1 aromatic carbocycles. The molecule has 0 aliphatic heterocycles. The van der Waals surface area contributed by atoms with Gasteiger partial charge in [-0.3, -0.25) is 0 Å². The molecule has 1 heterocycles. The predicted molar refractivity (Wildman–Crippen MR) is 83.7 cm³/mol. The van der Waals surface area contributed by atoms with Crippen molar-refractivity contribution in [2.24, 2.45) is 0 Å². The Kier molecular flexibility index (Phi) is 4.04. The highest BCUT2D eigenvalue weighted by molar-refractivity contribution is 5.41. The van der Waals surface area contributed by atoms with E-state index < -0.39 is 0 Å². The minimum Gasteiger partial charge on any atom is -0.497 e. The Hall–Kier alpha value is -2.10. The highest BCUT2D eigenvalue weighted by Crippen LogP contribution is 2.35. The number of hydrogen-bond acceptors (Lipinski definition) is 4. The maximum absolute atomic E-state index is 5.27. The van der Waals surface area contributed by atoms with Crippen LogP contribution in [0.4, 0.5) is 5.82 Å². The van der Waals surface area contributed by atoms with Crippen LogP contribution in [0, 0.1) is 0 Å². The molecular weight excluding hydrogens is 262 g/mol. The zero-order chi connectivity index (χ0) is 14.7. The molecule has 1 aromatic heterocycles. The van der Waals surface area contributed by atoms with Gasteiger partial charge in [-0.2, -0.15) is 0 Å². The summed E-state index contributed by atoms with van der Waals surface area (Å²) in [7, 11) is 3.75. The van der Waals surface area contributed by atoms with Gasteiger partial charge in [0.2, 0.25) is 0 Å². The summed E-state index contributed by atoms with van der Waals surface area (Å²) in [6, 6.07) is 10.3. The molecule has 1 fully saturated rings. The van der Waals surface area contributed by atoms with E-state index in [0.29, 0.717) is 5.92 Å². The van der Waals surface area contributed by atoms with Gasteiger partial charge in [-0.05, 0) is 30.5 Å². The van der Waals surface area contributed by atoms with Crippen molar-refractivity contribution in [2.75, 3.05) is 19.1 Å². The van der Waals surface area contributed by atoms with E-state index in [4.69, 9.17) is 4.74 Å². The fourth-order valence-electron chi connectivity index (χ4n) is 2.62. The van der Waals surface area contributed by atoms with Gasteiger partial charge in [0.1, 0.15) is 17.9 Å². The molecule has 0 atom stereocenters. The van der Waals surface area contributed by atoms with Crippen LogP contribution in [-0.2, 0) is 6.54 Å². The Bertz CT molecular complexity index is 610.